The van der Waals surface area contributed by atoms with E-state index in [0.29, 0.717) is 0 Å². The van der Waals surface area contributed by atoms with Gasteiger partial charge >= 0.3 is 0 Å². The standard InChI is InChI=1S/C7H12O2.5C7H6O2.6C4H12N/c6*8-7(9)6-4-2-1-3-5-6;6*1-5(2,3)4/h6H,1-5H2,(H,8,9);5*1-5H,(H,8,9);6*1-4H3/q;;;;;;6*+1/p-6. The number of aliphatic carboxylic acids is 1. The smallest absolute Gasteiger partial charge is 0.0715 e. The van der Waals surface area contributed by atoms with Gasteiger partial charge in [-0.3, -0.25) is 0 Å². The van der Waals surface area contributed by atoms with Crippen LogP contribution in [-0.2, 0) is 4.79 Å². The van der Waals surface area contributed by atoms with Gasteiger partial charge in [-0.25, -0.2) is 0 Å². The third-order valence-electron chi connectivity index (χ3n) is 6.99. The molecule has 0 aromatic heterocycles. The van der Waals surface area contributed by atoms with Crippen LogP contribution in [-0.4, -0.2) is 232 Å². The van der Waals surface area contributed by atoms with Gasteiger partial charge in [0.15, 0.2) is 0 Å². The van der Waals surface area contributed by atoms with Crippen molar-refractivity contribution < 1.29 is 86.3 Å². The first-order chi connectivity index (χ1) is 37.8. The fourth-order valence-electron chi connectivity index (χ4n) is 4.21. The quantitative estimate of drug-likeness (QED) is 0.223. The number of quaternary nitrogens is 6. The van der Waals surface area contributed by atoms with Gasteiger partial charge in [0.05, 0.1) is 199 Å². The molecular formula is C66H108N6O12. The first kappa shape index (κ1) is 87.9. The zero-order chi connectivity index (χ0) is 67.1. The lowest BCUT2D eigenvalue weighted by Gasteiger charge is -2.21. The number of carbonyl (C=O) groups is 6. The minimum atomic E-state index is -1.13. The number of nitrogens with zero attached hydrogens (tertiary/aromatic N) is 6. The summed E-state index contributed by atoms with van der Waals surface area (Å²) in [5.41, 5.74) is 1.10. The van der Waals surface area contributed by atoms with Crippen molar-refractivity contribution >= 4 is 35.8 Å². The summed E-state index contributed by atoms with van der Waals surface area (Å²) in [6.07, 6.45) is 5.01. The molecule has 0 amide bonds. The van der Waals surface area contributed by atoms with E-state index in [1.165, 1.54) is 67.1 Å². The molecule has 1 aliphatic rings. The van der Waals surface area contributed by atoms with Crippen molar-refractivity contribution in [1.82, 2.24) is 0 Å². The van der Waals surface area contributed by atoms with Crippen LogP contribution in [0.15, 0.2) is 152 Å². The lowest BCUT2D eigenvalue weighted by Crippen LogP contribution is -2.32. The van der Waals surface area contributed by atoms with Crippen LogP contribution in [0, 0.1) is 5.92 Å². The molecule has 84 heavy (non-hydrogen) atoms. The minimum absolute atomic E-state index is 0.140. The van der Waals surface area contributed by atoms with E-state index < -0.39 is 35.8 Å². The Morgan fingerprint density at radius 1 is 0.250 bits per heavy atom. The Hall–Kier alpha value is -7.32. The van der Waals surface area contributed by atoms with Gasteiger partial charge in [-0.2, -0.15) is 0 Å². The second-order valence-electron chi connectivity index (χ2n) is 27.0. The maximum atomic E-state index is 10.2. The van der Waals surface area contributed by atoms with E-state index in [9.17, 15) is 59.4 Å². The highest BCUT2D eigenvalue weighted by molar-refractivity contribution is 5.87. The highest BCUT2D eigenvalue weighted by Gasteiger charge is 2.13. The lowest BCUT2D eigenvalue weighted by atomic mass is 9.90. The second kappa shape index (κ2) is 47.1. The molecule has 18 nitrogen and oxygen atoms in total. The van der Waals surface area contributed by atoms with Gasteiger partial charge in [-0.05, 0) is 46.6 Å². The number of hydrogen-bond donors (Lipinski definition) is 0. The Balaban J connectivity index is -0.000000200. The molecule has 0 atom stereocenters. The van der Waals surface area contributed by atoms with E-state index in [1.54, 1.807) is 91.0 Å². The first-order valence-electron chi connectivity index (χ1n) is 27.1. The van der Waals surface area contributed by atoms with Crippen LogP contribution in [0.1, 0.15) is 83.9 Å². The van der Waals surface area contributed by atoms with Crippen molar-refractivity contribution in [2.24, 2.45) is 5.92 Å². The summed E-state index contributed by atoms with van der Waals surface area (Å²) >= 11 is 0. The predicted octanol–water partition coefficient (Wildman–Crippen LogP) is 2.50. The van der Waals surface area contributed by atoms with E-state index in [4.69, 9.17) is 0 Å². The van der Waals surface area contributed by atoms with E-state index in [0.717, 1.165) is 52.6 Å². The summed E-state index contributed by atoms with van der Waals surface area (Å²) in [6.45, 7) is 0. The number of aromatic carboxylic acids is 5. The van der Waals surface area contributed by atoms with Gasteiger partial charge in [0.25, 0.3) is 0 Å². The largest absolute Gasteiger partial charge is 0.550 e. The molecule has 0 saturated heterocycles. The van der Waals surface area contributed by atoms with Crippen molar-refractivity contribution in [3.05, 3.63) is 179 Å². The van der Waals surface area contributed by atoms with Crippen molar-refractivity contribution in [1.29, 1.82) is 0 Å². The van der Waals surface area contributed by atoms with Crippen molar-refractivity contribution in [2.45, 2.75) is 32.1 Å². The van der Waals surface area contributed by atoms with Gasteiger partial charge in [-0.15, -0.1) is 0 Å². The van der Waals surface area contributed by atoms with Crippen LogP contribution < -0.4 is 30.6 Å². The van der Waals surface area contributed by atoms with Gasteiger partial charge < -0.3 is 86.3 Å². The van der Waals surface area contributed by atoms with Gasteiger partial charge in [0, 0.05) is 5.97 Å². The van der Waals surface area contributed by atoms with Gasteiger partial charge in [0.1, 0.15) is 0 Å². The van der Waals surface area contributed by atoms with Crippen LogP contribution in [0.2, 0.25) is 0 Å². The molecule has 5 aromatic carbocycles. The number of benzene rings is 5. The average Bonchev–Trinajstić information content (AvgIpc) is 3.33. The molecule has 1 fully saturated rings. The molecule has 0 unspecified atom stereocenters. The lowest BCUT2D eigenvalue weighted by molar-refractivity contribution is -0.849. The first-order valence-corrected chi connectivity index (χ1v) is 27.1. The number of carboxylic acid groups (broad SMARTS) is 6. The Morgan fingerprint density at radius 3 is 0.440 bits per heavy atom. The van der Waals surface area contributed by atoms with Crippen molar-refractivity contribution in [2.75, 3.05) is 169 Å². The molecule has 474 valence electrons. The van der Waals surface area contributed by atoms with Crippen LogP contribution in [0.25, 0.3) is 0 Å². The molecular weight excluding hydrogens is 1070 g/mol. The maximum Gasteiger partial charge on any atom is 0.0715 e. The molecule has 0 spiro atoms. The number of hydrogen-bond acceptors (Lipinski definition) is 12. The summed E-state index contributed by atoms with van der Waals surface area (Å²) in [5, 5.41) is 60.7. The summed E-state index contributed by atoms with van der Waals surface area (Å²) in [5.74, 6) is -6.64. The average molecular weight is 1180 g/mol. The Kier molecular flexibility index (Phi) is 49.3. The molecule has 0 aliphatic heterocycles. The van der Waals surface area contributed by atoms with Crippen LogP contribution in [0.4, 0.5) is 0 Å². The van der Waals surface area contributed by atoms with Crippen LogP contribution in [0.3, 0.4) is 0 Å². The number of carboxylic acids is 6. The second-order valence-corrected chi connectivity index (χ2v) is 27.0. The summed E-state index contributed by atoms with van der Waals surface area (Å²) in [7, 11) is 51.0. The molecule has 5 aromatic rings. The number of carbonyl (C=O) groups excluding carboxylic acids is 6. The summed E-state index contributed by atoms with van der Waals surface area (Å²) < 4.78 is 6.00. The molecule has 0 bridgehead atoms. The monoisotopic (exact) mass is 1180 g/mol. The molecule has 18 heteroatoms. The maximum absolute atomic E-state index is 10.2. The Bertz CT molecular complexity index is 2020. The molecule has 6 rings (SSSR count). The fraction of sp³-hybridized carbons (Fsp3) is 0.455. The molecule has 0 N–H and O–H groups in total. The third-order valence-corrected chi connectivity index (χ3v) is 6.99. The topological polar surface area (TPSA) is 241 Å². The van der Waals surface area contributed by atoms with E-state index in [-0.39, 0.29) is 33.7 Å². The molecule has 0 radical (unpaired) electrons. The highest BCUT2D eigenvalue weighted by Crippen LogP contribution is 2.22. The van der Waals surface area contributed by atoms with E-state index in [2.05, 4.69) is 169 Å². The normalized spacial score (nSPS) is 11.4. The Morgan fingerprint density at radius 2 is 0.369 bits per heavy atom. The molecule has 1 saturated carbocycles. The summed E-state index contributed by atoms with van der Waals surface area (Å²) in [6, 6.07) is 40.3. The van der Waals surface area contributed by atoms with Crippen molar-refractivity contribution in [3.63, 3.8) is 0 Å². The predicted molar refractivity (Wildman–Crippen MR) is 329 cm³/mol. The van der Waals surface area contributed by atoms with Gasteiger partial charge in [-0.1, -0.05) is 171 Å². The van der Waals surface area contributed by atoms with Crippen LogP contribution >= 0.6 is 0 Å². The van der Waals surface area contributed by atoms with E-state index in [1.807, 2.05) is 0 Å². The SMILES string of the molecule is C[N+](C)(C)C.C[N+](C)(C)C.C[N+](C)(C)C.C[N+](C)(C)C.C[N+](C)(C)C.C[N+](C)(C)C.O=C([O-])C1CCCCC1.O=C([O-])c1ccccc1.O=C([O-])c1ccccc1.O=C([O-])c1ccccc1.O=C([O-])c1ccccc1.O=C([O-])c1ccccc1. The van der Waals surface area contributed by atoms with Crippen molar-refractivity contribution in [3.8, 4) is 0 Å². The minimum Gasteiger partial charge on any atom is -0.550 e. The highest BCUT2D eigenvalue weighted by atomic mass is 16.4. The molecule has 1 aliphatic carbocycles. The van der Waals surface area contributed by atoms with E-state index >= 15 is 0 Å². The third kappa shape index (κ3) is 96.9. The fourth-order valence-corrected chi connectivity index (χ4v) is 4.21. The molecule has 0 heterocycles. The van der Waals surface area contributed by atoms with Crippen LogP contribution in [0.5, 0.6) is 0 Å². The van der Waals surface area contributed by atoms with Gasteiger partial charge in [0.2, 0.25) is 0 Å². The number of rotatable bonds is 6. The zero-order valence-corrected chi connectivity index (χ0v) is 55.6. The Labute approximate surface area is 506 Å². The summed E-state index contributed by atoms with van der Waals surface area (Å²) in [4.78, 5) is 60.7. The zero-order valence-electron chi connectivity index (χ0n) is 55.6.